The second-order valence-electron chi connectivity index (χ2n) is 9.39. The van der Waals surface area contributed by atoms with Gasteiger partial charge in [-0.15, -0.1) is 0 Å². The summed E-state index contributed by atoms with van der Waals surface area (Å²) in [5.74, 6) is 3.13. The van der Waals surface area contributed by atoms with Gasteiger partial charge in [0, 0.05) is 12.1 Å². The highest BCUT2D eigenvalue weighted by Gasteiger charge is 2.50. The SMILES string of the molecule is c1ccc(C([Si]OCCC23CC4CC(CC(C4)C2)C3)c2ccccc2)cc1. The van der Waals surface area contributed by atoms with Gasteiger partial charge < -0.3 is 4.43 Å². The average molecular weight is 375 g/mol. The van der Waals surface area contributed by atoms with Gasteiger partial charge >= 0.3 is 0 Å². The van der Waals surface area contributed by atoms with E-state index in [4.69, 9.17) is 4.43 Å². The molecule has 0 aliphatic heterocycles. The summed E-state index contributed by atoms with van der Waals surface area (Å²) in [6.45, 7) is 0.945. The summed E-state index contributed by atoms with van der Waals surface area (Å²) < 4.78 is 6.37. The van der Waals surface area contributed by atoms with Crippen molar-refractivity contribution in [2.45, 2.75) is 50.5 Å². The minimum absolute atomic E-state index is 0.365. The summed E-state index contributed by atoms with van der Waals surface area (Å²) >= 11 is 0. The van der Waals surface area contributed by atoms with Crippen molar-refractivity contribution in [1.82, 2.24) is 0 Å². The van der Waals surface area contributed by atoms with Crippen LogP contribution in [0.15, 0.2) is 60.7 Å². The van der Waals surface area contributed by atoms with Gasteiger partial charge in [-0.1, -0.05) is 60.7 Å². The van der Waals surface area contributed by atoms with E-state index in [1.165, 1.54) is 56.1 Å². The van der Waals surface area contributed by atoms with Crippen LogP contribution in [0.1, 0.15) is 61.6 Å². The van der Waals surface area contributed by atoms with Gasteiger partial charge in [0.05, 0.1) is 0 Å². The Balaban J connectivity index is 1.22. The molecule has 4 aliphatic rings. The van der Waals surface area contributed by atoms with E-state index < -0.39 is 0 Å². The van der Waals surface area contributed by atoms with Crippen LogP contribution in [0.5, 0.6) is 0 Å². The van der Waals surface area contributed by atoms with Gasteiger partial charge in [-0.05, 0) is 79.2 Å². The molecular weight excluding hydrogens is 344 g/mol. The zero-order chi connectivity index (χ0) is 18.1. The molecule has 4 saturated carbocycles. The van der Waals surface area contributed by atoms with Crippen LogP contribution < -0.4 is 0 Å². The lowest BCUT2D eigenvalue weighted by molar-refractivity contribution is -0.0622. The van der Waals surface area contributed by atoms with E-state index in [9.17, 15) is 0 Å². The van der Waals surface area contributed by atoms with Crippen molar-refractivity contribution in [3.8, 4) is 0 Å². The molecule has 4 bridgehead atoms. The highest BCUT2D eigenvalue weighted by atomic mass is 28.2. The van der Waals surface area contributed by atoms with E-state index in [2.05, 4.69) is 60.7 Å². The summed E-state index contributed by atoms with van der Waals surface area (Å²) in [5.41, 5.74) is 3.74. The summed E-state index contributed by atoms with van der Waals surface area (Å²) in [5, 5.41) is 0. The summed E-state index contributed by atoms with van der Waals surface area (Å²) in [6.07, 6.45) is 10.4. The van der Waals surface area contributed by atoms with Crippen molar-refractivity contribution in [1.29, 1.82) is 0 Å². The van der Waals surface area contributed by atoms with Gasteiger partial charge in [0.1, 0.15) is 0 Å². The Labute approximate surface area is 166 Å². The average Bonchev–Trinajstić information content (AvgIpc) is 2.68. The van der Waals surface area contributed by atoms with Crippen LogP contribution >= 0.6 is 0 Å². The predicted octanol–water partition coefficient (Wildman–Crippen LogP) is 6.02. The molecular formula is C25H30OSi. The molecule has 0 atom stereocenters. The first-order valence-corrected chi connectivity index (χ1v) is 11.8. The van der Waals surface area contributed by atoms with E-state index in [-0.39, 0.29) is 0 Å². The number of rotatable bonds is 7. The third-order valence-electron chi connectivity index (χ3n) is 7.37. The van der Waals surface area contributed by atoms with Crippen molar-refractivity contribution in [2.75, 3.05) is 6.61 Å². The Kier molecular flexibility index (Phi) is 4.96. The van der Waals surface area contributed by atoms with Crippen molar-refractivity contribution in [3.63, 3.8) is 0 Å². The molecule has 6 rings (SSSR count). The quantitative estimate of drug-likeness (QED) is 0.425. The van der Waals surface area contributed by atoms with Gasteiger partial charge in [-0.2, -0.15) is 0 Å². The maximum Gasteiger partial charge on any atom is 0.242 e. The second kappa shape index (κ2) is 7.56. The first-order chi connectivity index (χ1) is 13.3. The Morgan fingerprint density at radius 3 is 1.74 bits per heavy atom. The highest BCUT2D eigenvalue weighted by Crippen LogP contribution is 2.61. The standard InChI is InChI=1S/C25H30OSi/c1-3-7-22(8-4-1)24(23-9-5-2-6-10-23)27-26-12-11-25-16-19-13-20(17-25)15-21(14-19)18-25/h1-10,19-21,24H,11-18H2. The largest absolute Gasteiger partial charge is 0.416 e. The van der Waals surface area contributed by atoms with Crippen LogP contribution in [0, 0.1) is 23.2 Å². The molecule has 2 heteroatoms. The predicted molar refractivity (Wildman–Crippen MR) is 112 cm³/mol. The Morgan fingerprint density at radius 2 is 1.26 bits per heavy atom. The molecule has 0 spiro atoms. The zero-order valence-corrected chi connectivity index (χ0v) is 17.1. The minimum Gasteiger partial charge on any atom is -0.416 e. The fourth-order valence-electron chi connectivity index (χ4n) is 6.63. The van der Waals surface area contributed by atoms with Gasteiger partial charge in [-0.25, -0.2) is 0 Å². The molecule has 2 aromatic carbocycles. The molecule has 2 aromatic rings. The maximum absolute atomic E-state index is 6.37. The van der Waals surface area contributed by atoms with Gasteiger partial charge in [0.2, 0.25) is 9.76 Å². The van der Waals surface area contributed by atoms with E-state index in [1.54, 1.807) is 0 Å². The molecule has 1 nitrogen and oxygen atoms in total. The molecule has 0 unspecified atom stereocenters. The summed E-state index contributed by atoms with van der Waals surface area (Å²) in [4.78, 5) is 0. The second-order valence-corrected chi connectivity index (χ2v) is 10.5. The maximum atomic E-state index is 6.37. The summed E-state index contributed by atoms with van der Waals surface area (Å²) in [6, 6.07) is 21.7. The molecule has 0 saturated heterocycles. The molecule has 4 aliphatic carbocycles. The number of hydrogen-bond donors (Lipinski definition) is 0. The Morgan fingerprint density at radius 1 is 0.778 bits per heavy atom. The van der Waals surface area contributed by atoms with Gasteiger partial charge in [-0.3, -0.25) is 0 Å². The first kappa shape index (κ1) is 17.7. The minimum atomic E-state index is 0.365. The van der Waals surface area contributed by atoms with Gasteiger partial charge in [0.15, 0.2) is 0 Å². The van der Waals surface area contributed by atoms with Crippen molar-refractivity contribution in [3.05, 3.63) is 71.8 Å². The molecule has 0 N–H and O–H groups in total. The molecule has 27 heavy (non-hydrogen) atoms. The summed E-state index contributed by atoms with van der Waals surface area (Å²) in [7, 11) is 0.504. The lowest BCUT2D eigenvalue weighted by Gasteiger charge is -2.57. The zero-order valence-electron chi connectivity index (χ0n) is 16.1. The van der Waals surface area contributed by atoms with Crippen LogP contribution in [-0.4, -0.2) is 16.4 Å². The van der Waals surface area contributed by atoms with Crippen molar-refractivity contribution >= 4 is 9.76 Å². The van der Waals surface area contributed by atoms with Crippen molar-refractivity contribution < 1.29 is 4.43 Å². The fraction of sp³-hybridized carbons (Fsp3) is 0.520. The molecule has 2 radical (unpaired) electrons. The number of hydrogen-bond acceptors (Lipinski definition) is 1. The van der Waals surface area contributed by atoms with Crippen LogP contribution in [0.25, 0.3) is 0 Å². The lowest BCUT2D eigenvalue weighted by atomic mass is 9.49. The first-order valence-electron chi connectivity index (χ1n) is 10.8. The molecule has 0 aromatic heterocycles. The van der Waals surface area contributed by atoms with E-state index in [0.29, 0.717) is 20.7 Å². The number of benzene rings is 2. The van der Waals surface area contributed by atoms with Crippen LogP contribution in [-0.2, 0) is 4.43 Å². The van der Waals surface area contributed by atoms with E-state index in [0.717, 1.165) is 24.4 Å². The molecule has 4 fully saturated rings. The molecule has 140 valence electrons. The van der Waals surface area contributed by atoms with Gasteiger partial charge in [0.25, 0.3) is 0 Å². The monoisotopic (exact) mass is 374 g/mol. The normalized spacial score (nSPS) is 31.5. The Hall–Kier alpha value is -1.38. The molecule has 0 heterocycles. The van der Waals surface area contributed by atoms with Crippen molar-refractivity contribution in [2.24, 2.45) is 23.2 Å². The van der Waals surface area contributed by atoms with Crippen LogP contribution in [0.3, 0.4) is 0 Å². The Bertz CT molecular complexity index is 667. The lowest BCUT2D eigenvalue weighted by Crippen LogP contribution is -2.46. The third kappa shape index (κ3) is 3.79. The molecule has 0 amide bonds. The highest BCUT2D eigenvalue weighted by molar-refractivity contribution is 6.31. The smallest absolute Gasteiger partial charge is 0.242 e. The van der Waals surface area contributed by atoms with E-state index >= 15 is 0 Å². The topological polar surface area (TPSA) is 9.23 Å². The van der Waals surface area contributed by atoms with Crippen LogP contribution in [0.2, 0.25) is 0 Å². The van der Waals surface area contributed by atoms with Crippen LogP contribution in [0.4, 0.5) is 0 Å². The van der Waals surface area contributed by atoms with E-state index in [1.807, 2.05) is 0 Å². The fourth-order valence-corrected chi connectivity index (χ4v) is 7.67. The third-order valence-corrected chi connectivity index (χ3v) is 8.64.